The molecule has 2 aromatic heterocycles. The lowest BCUT2D eigenvalue weighted by molar-refractivity contribution is -0.113. The van der Waals surface area contributed by atoms with Crippen LogP contribution in [-0.2, 0) is 11.3 Å². The molecular weight excluding hydrogens is 456 g/mol. The van der Waals surface area contributed by atoms with Gasteiger partial charge in [-0.25, -0.2) is 0 Å². The number of carbonyl (C=O) groups excluding carboxylic acids is 1. The molecular formula is C20H23ClN6O2S2. The molecule has 0 bridgehead atoms. The number of hydrogen-bond donors (Lipinski definition) is 1. The SMILES string of the molecule is C=CCn1c(SCC(=O)Nc2nnc(C)s2)nnc1C(C)Oc1cc(C)c(Cl)c(C)c1. The number of rotatable bonds is 9. The van der Waals surface area contributed by atoms with Crippen molar-refractivity contribution in [2.24, 2.45) is 0 Å². The Morgan fingerprint density at radius 1 is 1.29 bits per heavy atom. The third-order valence-corrected chi connectivity index (χ3v) is 6.57. The van der Waals surface area contributed by atoms with Crippen LogP contribution in [0.3, 0.4) is 0 Å². The molecule has 1 aromatic carbocycles. The first-order valence-corrected chi connectivity index (χ1v) is 11.7. The highest BCUT2D eigenvalue weighted by Crippen LogP contribution is 2.30. The van der Waals surface area contributed by atoms with Gasteiger partial charge in [0.1, 0.15) is 10.8 Å². The van der Waals surface area contributed by atoms with Crippen LogP contribution in [0.15, 0.2) is 29.9 Å². The standard InChI is InChI=1S/C20H23ClN6O2S2/c1-6-7-27-18(13(4)29-15-8-11(2)17(21)12(3)9-15)24-26-20(27)30-10-16(28)22-19-25-23-14(5)31-19/h6,8-9,13H,1,7,10H2,2-5H3,(H,22,25,28). The first-order valence-electron chi connectivity index (χ1n) is 9.48. The van der Waals surface area contributed by atoms with Crippen molar-refractivity contribution in [3.8, 4) is 5.75 Å². The van der Waals surface area contributed by atoms with Crippen LogP contribution in [0.4, 0.5) is 5.13 Å². The summed E-state index contributed by atoms with van der Waals surface area (Å²) in [6, 6.07) is 3.80. The van der Waals surface area contributed by atoms with Gasteiger partial charge in [0.05, 0.1) is 5.75 Å². The average Bonchev–Trinajstić information content (AvgIpc) is 3.30. The molecule has 0 spiro atoms. The second-order valence-corrected chi connectivity index (χ2v) is 9.34. The Kier molecular flexibility index (Phi) is 7.69. The van der Waals surface area contributed by atoms with Gasteiger partial charge in [-0.05, 0) is 51.0 Å². The van der Waals surface area contributed by atoms with E-state index in [0.717, 1.165) is 21.2 Å². The van der Waals surface area contributed by atoms with E-state index in [0.29, 0.717) is 28.4 Å². The molecule has 0 saturated carbocycles. The predicted molar refractivity (Wildman–Crippen MR) is 124 cm³/mol. The highest BCUT2D eigenvalue weighted by Gasteiger charge is 2.20. The van der Waals surface area contributed by atoms with Crippen LogP contribution in [-0.4, -0.2) is 36.6 Å². The number of aryl methyl sites for hydroxylation is 3. The fourth-order valence-electron chi connectivity index (χ4n) is 2.87. The fraction of sp³-hybridized carbons (Fsp3) is 0.350. The van der Waals surface area contributed by atoms with Crippen LogP contribution in [0, 0.1) is 20.8 Å². The van der Waals surface area contributed by atoms with E-state index in [-0.39, 0.29) is 17.8 Å². The summed E-state index contributed by atoms with van der Waals surface area (Å²) >= 11 is 8.86. The molecule has 0 aliphatic heterocycles. The van der Waals surface area contributed by atoms with Gasteiger partial charge in [-0.1, -0.05) is 40.8 Å². The second-order valence-electron chi connectivity index (χ2n) is 6.83. The molecule has 1 amide bonds. The molecule has 2 heterocycles. The van der Waals surface area contributed by atoms with Crippen molar-refractivity contribution in [3.05, 3.63) is 51.8 Å². The topological polar surface area (TPSA) is 94.8 Å². The first kappa shape index (κ1) is 23.2. The average molecular weight is 479 g/mol. The molecule has 1 atom stereocenters. The lowest BCUT2D eigenvalue weighted by Gasteiger charge is -2.17. The van der Waals surface area contributed by atoms with Crippen molar-refractivity contribution >= 4 is 45.7 Å². The summed E-state index contributed by atoms with van der Waals surface area (Å²) in [6.07, 6.45) is 1.39. The molecule has 31 heavy (non-hydrogen) atoms. The Balaban J connectivity index is 1.70. The normalized spacial score (nSPS) is 11.9. The van der Waals surface area contributed by atoms with E-state index < -0.39 is 0 Å². The van der Waals surface area contributed by atoms with Gasteiger partial charge in [0, 0.05) is 11.6 Å². The quantitative estimate of drug-likeness (QED) is 0.349. The monoisotopic (exact) mass is 478 g/mol. The lowest BCUT2D eigenvalue weighted by Crippen LogP contribution is -2.15. The summed E-state index contributed by atoms with van der Waals surface area (Å²) in [7, 11) is 0. The van der Waals surface area contributed by atoms with Crippen LogP contribution in [0.25, 0.3) is 0 Å². The summed E-state index contributed by atoms with van der Waals surface area (Å²) in [6.45, 7) is 11.9. The maximum absolute atomic E-state index is 12.2. The molecule has 3 rings (SSSR count). The van der Waals surface area contributed by atoms with Gasteiger partial charge >= 0.3 is 0 Å². The van der Waals surface area contributed by atoms with E-state index in [1.54, 1.807) is 6.08 Å². The first-order chi connectivity index (χ1) is 14.8. The fourth-order valence-corrected chi connectivity index (χ4v) is 4.34. The maximum atomic E-state index is 12.2. The van der Waals surface area contributed by atoms with E-state index >= 15 is 0 Å². The van der Waals surface area contributed by atoms with Crippen molar-refractivity contribution in [1.82, 2.24) is 25.0 Å². The highest BCUT2D eigenvalue weighted by molar-refractivity contribution is 7.99. The molecule has 3 aromatic rings. The number of amides is 1. The summed E-state index contributed by atoms with van der Waals surface area (Å²) in [5.41, 5.74) is 1.90. The number of allylic oxidation sites excluding steroid dienone is 1. The van der Waals surface area contributed by atoms with Crippen molar-refractivity contribution in [2.45, 2.75) is 45.5 Å². The highest BCUT2D eigenvalue weighted by atomic mass is 35.5. The Bertz CT molecular complexity index is 1070. The molecule has 8 nitrogen and oxygen atoms in total. The van der Waals surface area contributed by atoms with Crippen molar-refractivity contribution < 1.29 is 9.53 Å². The number of nitrogens with one attached hydrogen (secondary N) is 1. The van der Waals surface area contributed by atoms with E-state index in [2.05, 4.69) is 32.3 Å². The number of carbonyl (C=O) groups is 1. The van der Waals surface area contributed by atoms with Crippen LogP contribution in [0.1, 0.15) is 35.0 Å². The zero-order valence-corrected chi connectivity index (χ0v) is 20.1. The molecule has 0 aliphatic carbocycles. The largest absolute Gasteiger partial charge is 0.483 e. The predicted octanol–water partition coefficient (Wildman–Crippen LogP) is 4.77. The molecule has 1 unspecified atom stereocenters. The summed E-state index contributed by atoms with van der Waals surface area (Å²) in [4.78, 5) is 12.2. The van der Waals surface area contributed by atoms with Crippen molar-refractivity contribution in [2.75, 3.05) is 11.1 Å². The van der Waals surface area contributed by atoms with Crippen LogP contribution >= 0.6 is 34.7 Å². The third-order valence-electron chi connectivity index (χ3n) is 4.25. The van der Waals surface area contributed by atoms with Crippen LogP contribution in [0.5, 0.6) is 5.75 Å². The number of ether oxygens (including phenoxy) is 1. The zero-order chi connectivity index (χ0) is 22.5. The van der Waals surface area contributed by atoms with E-state index in [1.165, 1.54) is 23.1 Å². The van der Waals surface area contributed by atoms with Gasteiger partial charge < -0.3 is 4.74 Å². The number of benzene rings is 1. The Morgan fingerprint density at radius 3 is 2.61 bits per heavy atom. The minimum atomic E-state index is -0.361. The van der Waals surface area contributed by atoms with E-state index in [1.807, 2.05) is 44.4 Å². The van der Waals surface area contributed by atoms with Crippen LogP contribution < -0.4 is 10.1 Å². The minimum absolute atomic E-state index is 0.165. The molecule has 0 fully saturated rings. The van der Waals surface area contributed by atoms with E-state index in [9.17, 15) is 4.79 Å². The molecule has 1 N–H and O–H groups in total. The summed E-state index contributed by atoms with van der Waals surface area (Å²) in [5, 5.41) is 21.7. The Labute approximate surface area is 194 Å². The number of aromatic nitrogens is 5. The second kappa shape index (κ2) is 10.3. The van der Waals surface area contributed by atoms with Gasteiger partial charge in [-0.2, -0.15) is 0 Å². The summed E-state index contributed by atoms with van der Waals surface area (Å²) in [5.74, 6) is 1.33. The maximum Gasteiger partial charge on any atom is 0.236 e. The van der Waals surface area contributed by atoms with E-state index in [4.69, 9.17) is 16.3 Å². The molecule has 0 radical (unpaired) electrons. The van der Waals surface area contributed by atoms with Gasteiger partial charge in [-0.3, -0.25) is 14.7 Å². The Hall–Kier alpha value is -2.43. The third kappa shape index (κ3) is 5.84. The minimum Gasteiger partial charge on any atom is -0.483 e. The number of halogens is 1. The smallest absolute Gasteiger partial charge is 0.236 e. The lowest BCUT2D eigenvalue weighted by atomic mass is 10.1. The van der Waals surface area contributed by atoms with Crippen LogP contribution in [0.2, 0.25) is 5.02 Å². The van der Waals surface area contributed by atoms with Crippen molar-refractivity contribution in [3.63, 3.8) is 0 Å². The number of thioether (sulfide) groups is 1. The van der Waals surface area contributed by atoms with Gasteiger partial charge in [0.15, 0.2) is 17.1 Å². The molecule has 164 valence electrons. The Morgan fingerprint density at radius 2 is 2.00 bits per heavy atom. The number of anilines is 1. The summed E-state index contributed by atoms with van der Waals surface area (Å²) < 4.78 is 7.99. The molecule has 0 saturated heterocycles. The molecule has 0 aliphatic rings. The zero-order valence-electron chi connectivity index (χ0n) is 17.7. The van der Waals surface area contributed by atoms with Gasteiger partial charge in [-0.15, -0.1) is 27.0 Å². The van der Waals surface area contributed by atoms with Gasteiger partial charge in [0.2, 0.25) is 11.0 Å². The number of hydrogen-bond acceptors (Lipinski definition) is 8. The van der Waals surface area contributed by atoms with Crippen molar-refractivity contribution in [1.29, 1.82) is 0 Å². The molecule has 11 heteroatoms. The number of nitrogens with zero attached hydrogens (tertiary/aromatic N) is 5. The van der Waals surface area contributed by atoms with Gasteiger partial charge in [0.25, 0.3) is 0 Å².